The van der Waals surface area contributed by atoms with Crippen LogP contribution in [0.1, 0.15) is 45.1 Å². The Bertz CT molecular complexity index is 869. The molecule has 1 N–H and O–H groups in total. The number of ether oxygens (including phenoxy) is 2. The molecule has 1 heterocycles. The van der Waals surface area contributed by atoms with Crippen molar-refractivity contribution in [1.82, 2.24) is 5.32 Å². The van der Waals surface area contributed by atoms with E-state index in [1.807, 2.05) is 25.1 Å². The maximum Gasteiger partial charge on any atom is 0.336 e. The van der Waals surface area contributed by atoms with E-state index in [1.165, 1.54) is 0 Å². The summed E-state index contributed by atoms with van der Waals surface area (Å²) >= 11 is 6.49. The molecule has 6 heteroatoms. The number of halogens is 1. The standard InChI is InChI=1S/C22H26ClNO4/c1-13-18(21(26)28-10-9-27-4)19(14-7-5-6-8-15(14)23)20-16(24-13)11-22(2,3)12-17(20)25/h5-8,19,24H,9-12H2,1-4H3/t19-/m1/s1. The molecule has 1 aliphatic heterocycles. The first-order valence-electron chi connectivity index (χ1n) is 9.39. The van der Waals surface area contributed by atoms with Gasteiger partial charge in [-0.3, -0.25) is 4.79 Å². The zero-order chi connectivity index (χ0) is 20.5. The topological polar surface area (TPSA) is 64.6 Å². The van der Waals surface area contributed by atoms with Gasteiger partial charge in [-0.05, 0) is 30.4 Å². The summed E-state index contributed by atoms with van der Waals surface area (Å²) in [6.07, 6.45) is 1.16. The molecule has 1 aromatic rings. The van der Waals surface area contributed by atoms with Crippen molar-refractivity contribution in [1.29, 1.82) is 0 Å². The average Bonchev–Trinajstić information content (AvgIpc) is 2.60. The van der Waals surface area contributed by atoms with Gasteiger partial charge in [0.2, 0.25) is 0 Å². The second-order valence-electron chi connectivity index (χ2n) is 8.08. The Morgan fingerprint density at radius 3 is 2.64 bits per heavy atom. The van der Waals surface area contributed by atoms with Gasteiger partial charge < -0.3 is 14.8 Å². The van der Waals surface area contributed by atoms with E-state index in [9.17, 15) is 9.59 Å². The fraction of sp³-hybridized carbons (Fsp3) is 0.455. The first-order valence-corrected chi connectivity index (χ1v) is 9.77. The quantitative estimate of drug-likeness (QED) is 0.591. The smallest absolute Gasteiger partial charge is 0.336 e. The number of carbonyl (C=O) groups is 2. The van der Waals surface area contributed by atoms with Crippen molar-refractivity contribution < 1.29 is 19.1 Å². The van der Waals surface area contributed by atoms with Crippen molar-refractivity contribution in [2.45, 2.75) is 39.5 Å². The third kappa shape index (κ3) is 4.01. The van der Waals surface area contributed by atoms with Crippen LogP contribution < -0.4 is 5.32 Å². The maximum atomic E-state index is 13.1. The summed E-state index contributed by atoms with van der Waals surface area (Å²) in [7, 11) is 1.55. The van der Waals surface area contributed by atoms with E-state index in [4.69, 9.17) is 21.1 Å². The monoisotopic (exact) mass is 403 g/mol. The third-order valence-corrected chi connectivity index (χ3v) is 5.54. The second-order valence-corrected chi connectivity index (χ2v) is 8.49. The highest BCUT2D eigenvalue weighted by molar-refractivity contribution is 6.31. The Morgan fingerprint density at radius 1 is 1.25 bits per heavy atom. The zero-order valence-electron chi connectivity index (χ0n) is 16.7. The molecule has 1 aromatic carbocycles. The highest BCUT2D eigenvalue weighted by atomic mass is 35.5. The SMILES string of the molecule is COCCOC(=O)C1=C(C)NC2=C(C(=O)CC(C)(C)C2)[C@@H]1c1ccccc1Cl. The van der Waals surface area contributed by atoms with Crippen molar-refractivity contribution in [2.24, 2.45) is 5.41 Å². The average molecular weight is 404 g/mol. The van der Waals surface area contributed by atoms with Crippen molar-refractivity contribution in [3.63, 3.8) is 0 Å². The van der Waals surface area contributed by atoms with E-state index in [1.54, 1.807) is 13.2 Å². The lowest BCUT2D eigenvalue weighted by Gasteiger charge is -2.39. The lowest BCUT2D eigenvalue weighted by molar-refractivity contribution is -0.140. The minimum atomic E-state index is -0.538. The minimum Gasteiger partial charge on any atom is -0.460 e. The molecule has 28 heavy (non-hydrogen) atoms. The number of Topliss-reactive ketones (excluding diaryl/α,β-unsaturated/α-hetero) is 1. The number of carbonyl (C=O) groups excluding carboxylic acids is 2. The summed E-state index contributed by atoms with van der Waals surface area (Å²) in [5.41, 5.74) is 3.22. The Morgan fingerprint density at radius 2 is 1.96 bits per heavy atom. The molecule has 5 nitrogen and oxygen atoms in total. The van der Waals surface area contributed by atoms with Crippen LogP contribution in [0.5, 0.6) is 0 Å². The van der Waals surface area contributed by atoms with Gasteiger partial charge in [0.25, 0.3) is 0 Å². The van der Waals surface area contributed by atoms with Crippen molar-refractivity contribution in [3.8, 4) is 0 Å². The molecule has 0 saturated heterocycles. The van der Waals surface area contributed by atoms with Crippen LogP contribution in [0.3, 0.4) is 0 Å². The van der Waals surface area contributed by atoms with Gasteiger partial charge in [0.1, 0.15) is 6.61 Å². The molecule has 0 bridgehead atoms. The molecule has 0 spiro atoms. The Hall–Kier alpha value is -2.11. The first kappa shape index (κ1) is 20.6. The van der Waals surface area contributed by atoms with Gasteiger partial charge in [-0.1, -0.05) is 43.6 Å². The number of esters is 1. The fourth-order valence-corrected chi connectivity index (χ4v) is 4.27. The number of nitrogens with one attached hydrogen (secondary N) is 1. The van der Waals surface area contributed by atoms with Crippen LogP contribution in [0.4, 0.5) is 0 Å². The van der Waals surface area contributed by atoms with Gasteiger partial charge >= 0.3 is 5.97 Å². The minimum absolute atomic E-state index is 0.0401. The van der Waals surface area contributed by atoms with Crippen LogP contribution >= 0.6 is 11.6 Å². The number of dihydropyridines is 1. The largest absolute Gasteiger partial charge is 0.460 e. The molecule has 3 rings (SSSR count). The van der Waals surface area contributed by atoms with Crippen LogP contribution in [0, 0.1) is 5.41 Å². The molecule has 0 fully saturated rings. The number of hydrogen-bond acceptors (Lipinski definition) is 5. The molecular weight excluding hydrogens is 378 g/mol. The third-order valence-electron chi connectivity index (χ3n) is 5.20. The molecular formula is C22H26ClNO4. The number of hydrogen-bond donors (Lipinski definition) is 1. The molecule has 2 aliphatic rings. The molecule has 0 unspecified atom stereocenters. The van der Waals surface area contributed by atoms with E-state index in [-0.39, 0.29) is 17.8 Å². The predicted octanol–water partition coefficient (Wildman–Crippen LogP) is 4.13. The summed E-state index contributed by atoms with van der Waals surface area (Å²) in [5, 5.41) is 3.83. The fourth-order valence-electron chi connectivity index (χ4n) is 4.02. The van der Waals surface area contributed by atoms with Gasteiger partial charge in [0, 0.05) is 41.4 Å². The molecule has 1 aliphatic carbocycles. The summed E-state index contributed by atoms with van der Waals surface area (Å²) in [6.45, 7) is 6.45. The van der Waals surface area contributed by atoms with Gasteiger partial charge in [-0.2, -0.15) is 0 Å². The first-order chi connectivity index (χ1) is 13.2. The predicted molar refractivity (Wildman–Crippen MR) is 108 cm³/mol. The highest BCUT2D eigenvalue weighted by Gasteiger charge is 2.43. The lowest BCUT2D eigenvalue weighted by Crippen LogP contribution is -2.38. The molecule has 0 aromatic heterocycles. The van der Waals surface area contributed by atoms with Gasteiger partial charge in [-0.15, -0.1) is 0 Å². The van der Waals surface area contributed by atoms with Crippen molar-refractivity contribution in [2.75, 3.05) is 20.3 Å². The van der Waals surface area contributed by atoms with E-state index in [0.29, 0.717) is 34.9 Å². The van der Waals surface area contributed by atoms with Gasteiger partial charge in [-0.25, -0.2) is 4.79 Å². The Labute approximate surface area is 170 Å². The molecule has 150 valence electrons. The van der Waals surface area contributed by atoms with Crippen LogP contribution in [0.15, 0.2) is 46.8 Å². The van der Waals surface area contributed by atoms with E-state index in [2.05, 4.69) is 19.2 Å². The molecule has 1 atom stereocenters. The number of benzene rings is 1. The van der Waals surface area contributed by atoms with Crippen LogP contribution in [0.2, 0.25) is 5.02 Å². The number of methoxy groups -OCH3 is 1. The zero-order valence-corrected chi connectivity index (χ0v) is 17.5. The number of allylic oxidation sites excluding steroid dienone is 3. The summed E-state index contributed by atoms with van der Waals surface area (Å²) in [4.78, 5) is 26.1. The lowest BCUT2D eigenvalue weighted by atomic mass is 9.68. The molecule has 0 radical (unpaired) electrons. The summed E-state index contributed by atoms with van der Waals surface area (Å²) in [6, 6.07) is 7.34. The number of rotatable bonds is 5. The Kier molecular flexibility index (Phi) is 5.96. The molecule has 0 amide bonds. The van der Waals surface area contributed by atoms with E-state index < -0.39 is 11.9 Å². The van der Waals surface area contributed by atoms with E-state index in [0.717, 1.165) is 17.7 Å². The Balaban J connectivity index is 2.11. The summed E-state index contributed by atoms with van der Waals surface area (Å²) < 4.78 is 10.4. The van der Waals surface area contributed by atoms with Gasteiger partial charge in [0.15, 0.2) is 5.78 Å². The van der Waals surface area contributed by atoms with E-state index >= 15 is 0 Å². The normalized spacial score (nSPS) is 21.3. The van der Waals surface area contributed by atoms with Crippen LogP contribution in [-0.4, -0.2) is 32.1 Å². The van der Waals surface area contributed by atoms with Crippen LogP contribution in [0.25, 0.3) is 0 Å². The number of ketones is 1. The van der Waals surface area contributed by atoms with Crippen LogP contribution in [-0.2, 0) is 19.1 Å². The summed E-state index contributed by atoms with van der Waals surface area (Å²) in [5.74, 6) is -0.960. The van der Waals surface area contributed by atoms with Crippen molar-refractivity contribution >= 4 is 23.4 Å². The maximum absolute atomic E-state index is 13.1. The second kappa shape index (κ2) is 8.10. The van der Waals surface area contributed by atoms with Gasteiger partial charge in [0.05, 0.1) is 12.2 Å². The van der Waals surface area contributed by atoms with Crippen molar-refractivity contribution in [3.05, 3.63) is 57.4 Å². The molecule has 0 saturated carbocycles. The highest BCUT2D eigenvalue weighted by Crippen LogP contribution is 2.47.